The summed E-state index contributed by atoms with van der Waals surface area (Å²) in [6, 6.07) is 13.8. The monoisotopic (exact) mass is 421 g/mol. The van der Waals surface area contributed by atoms with E-state index in [0.29, 0.717) is 24.5 Å². The van der Waals surface area contributed by atoms with Gasteiger partial charge in [0, 0.05) is 49.1 Å². The fourth-order valence-corrected chi connectivity index (χ4v) is 4.17. The molecule has 1 aliphatic rings. The van der Waals surface area contributed by atoms with Gasteiger partial charge in [-0.25, -0.2) is 0 Å². The molecule has 30 heavy (non-hydrogen) atoms. The molecule has 2 atom stereocenters. The highest BCUT2D eigenvalue weighted by molar-refractivity contribution is 7.80. The van der Waals surface area contributed by atoms with Crippen LogP contribution in [0.5, 0.6) is 0 Å². The van der Waals surface area contributed by atoms with Gasteiger partial charge in [0.25, 0.3) is 0 Å². The fraction of sp³-hybridized carbons (Fsp3) is 0.273. The maximum absolute atomic E-state index is 11.6. The zero-order valence-electron chi connectivity index (χ0n) is 16.6. The molecule has 4 rings (SSSR count). The van der Waals surface area contributed by atoms with Crippen molar-refractivity contribution in [3.63, 3.8) is 0 Å². The second-order valence-corrected chi connectivity index (χ2v) is 7.39. The van der Waals surface area contributed by atoms with Gasteiger partial charge in [0.05, 0.1) is 24.9 Å². The Morgan fingerprint density at radius 1 is 1.17 bits per heavy atom. The van der Waals surface area contributed by atoms with Crippen LogP contribution >= 0.6 is 12.2 Å². The van der Waals surface area contributed by atoms with Gasteiger partial charge in [-0.1, -0.05) is 6.07 Å². The first-order chi connectivity index (χ1) is 14.7. The molecule has 154 valence electrons. The molecule has 0 radical (unpaired) electrons. The maximum Gasteiger partial charge on any atom is 0.305 e. The third kappa shape index (κ3) is 4.04. The molecule has 3 aromatic rings. The molecule has 7 nitrogen and oxygen atoms in total. The summed E-state index contributed by atoms with van der Waals surface area (Å²) in [5, 5.41) is 4.10. The Morgan fingerprint density at radius 3 is 2.73 bits per heavy atom. The molecule has 0 saturated carbocycles. The number of aromatic nitrogens is 3. The van der Waals surface area contributed by atoms with E-state index in [0.717, 1.165) is 17.1 Å². The van der Waals surface area contributed by atoms with E-state index in [1.807, 2.05) is 42.6 Å². The van der Waals surface area contributed by atoms with Crippen LogP contribution in [0.4, 0.5) is 0 Å². The van der Waals surface area contributed by atoms with Gasteiger partial charge in [-0.3, -0.25) is 14.8 Å². The fourth-order valence-electron chi connectivity index (χ4n) is 3.84. The second kappa shape index (κ2) is 9.04. The first-order valence-corrected chi connectivity index (χ1v) is 10.2. The maximum atomic E-state index is 11.6. The SMILES string of the molecule is COC(=O)CCCN1C(=S)N[C@@H](c2ccccn2)[C@H]1c1cccn1-c1ccncc1. The Labute approximate surface area is 180 Å². The van der Waals surface area contributed by atoms with Gasteiger partial charge >= 0.3 is 5.97 Å². The number of nitrogens with zero attached hydrogens (tertiary/aromatic N) is 4. The quantitative estimate of drug-likeness (QED) is 0.464. The number of carbonyl (C=O) groups excluding carboxylic acids is 1. The molecule has 0 aliphatic carbocycles. The van der Waals surface area contributed by atoms with E-state index in [1.165, 1.54) is 7.11 Å². The summed E-state index contributed by atoms with van der Waals surface area (Å²) in [6.45, 7) is 0.635. The van der Waals surface area contributed by atoms with E-state index in [2.05, 4.69) is 30.8 Å². The number of nitrogens with one attached hydrogen (secondary N) is 1. The summed E-state index contributed by atoms with van der Waals surface area (Å²) >= 11 is 5.69. The number of pyridine rings is 2. The number of hydrogen-bond donors (Lipinski definition) is 1. The van der Waals surface area contributed by atoms with Gasteiger partial charge in [-0.15, -0.1) is 0 Å². The van der Waals surface area contributed by atoms with E-state index in [9.17, 15) is 4.79 Å². The van der Waals surface area contributed by atoms with Crippen LogP contribution in [0.3, 0.4) is 0 Å². The number of carbonyl (C=O) groups is 1. The van der Waals surface area contributed by atoms with Crippen LogP contribution in [0.2, 0.25) is 0 Å². The molecular weight excluding hydrogens is 398 g/mol. The van der Waals surface area contributed by atoms with Crippen molar-refractivity contribution in [2.45, 2.75) is 24.9 Å². The number of hydrogen-bond acceptors (Lipinski definition) is 5. The summed E-state index contributed by atoms with van der Waals surface area (Å²) in [4.78, 5) is 22.4. The average molecular weight is 422 g/mol. The number of thiocarbonyl (C=S) groups is 1. The summed E-state index contributed by atoms with van der Waals surface area (Å²) < 4.78 is 6.93. The minimum Gasteiger partial charge on any atom is -0.469 e. The Hall–Kier alpha value is -3.26. The van der Waals surface area contributed by atoms with Gasteiger partial charge in [0.15, 0.2) is 5.11 Å². The van der Waals surface area contributed by atoms with Gasteiger partial charge < -0.3 is 19.5 Å². The third-order valence-electron chi connectivity index (χ3n) is 5.23. The lowest BCUT2D eigenvalue weighted by Gasteiger charge is -2.28. The lowest BCUT2D eigenvalue weighted by atomic mass is 10.0. The Morgan fingerprint density at radius 2 is 2.00 bits per heavy atom. The summed E-state index contributed by atoms with van der Waals surface area (Å²) in [7, 11) is 1.41. The second-order valence-electron chi connectivity index (χ2n) is 7.01. The highest BCUT2D eigenvalue weighted by Crippen LogP contribution is 2.39. The van der Waals surface area contributed by atoms with Gasteiger partial charge in [0.2, 0.25) is 0 Å². The minimum absolute atomic E-state index is 0.0757. The molecule has 0 bridgehead atoms. The molecule has 1 saturated heterocycles. The minimum atomic E-state index is -0.217. The predicted octanol–water partition coefficient (Wildman–Crippen LogP) is 3.19. The van der Waals surface area contributed by atoms with Crippen LogP contribution in [0.25, 0.3) is 5.69 Å². The van der Waals surface area contributed by atoms with Crippen molar-refractivity contribution in [3.05, 3.63) is 78.6 Å². The van der Waals surface area contributed by atoms with E-state index >= 15 is 0 Å². The normalized spacial score (nSPS) is 18.3. The molecule has 0 aromatic carbocycles. The van der Waals surface area contributed by atoms with Crippen LogP contribution in [-0.2, 0) is 9.53 Å². The van der Waals surface area contributed by atoms with Gasteiger partial charge in [-0.05, 0) is 55.0 Å². The molecule has 8 heteroatoms. The summed E-state index contributed by atoms with van der Waals surface area (Å²) in [5.74, 6) is -0.217. The van der Waals surface area contributed by atoms with Crippen LogP contribution in [0.15, 0.2) is 67.3 Å². The van der Waals surface area contributed by atoms with E-state index in [1.54, 1.807) is 18.6 Å². The average Bonchev–Trinajstić information content (AvgIpc) is 3.39. The molecule has 0 spiro atoms. The number of methoxy groups -OCH3 is 1. The number of esters is 1. The molecular formula is C22H23N5O2S. The summed E-state index contributed by atoms with van der Waals surface area (Å²) in [5.41, 5.74) is 3.03. The number of rotatable bonds is 7. The predicted molar refractivity (Wildman–Crippen MR) is 117 cm³/mol. The Bertz CT molecular complexity index is 1010. The smallest absolute Gasteiger partial charge is 0.305 e. The van der Waals surface area contributed by atoms with Crippen LogP contribution in [0, 0.1) is 0 Å². The van der Waals surface area contributed by atoms with Gasteiger partial charge in [0.1, 0.15) is 0 Å². The highest BCUT2D eigenvalue weighted by Gasteiger charge is 2.41. The first kappa shape index (κ1) is 20.0. The standard InChI is InChI=1S/C22H23N5O2S/c1-29-19(28)8-5-15-27-21(20(25-22(27)30)17-6-2-3-11-24-17)18-7-4-14-26(18)16-9-12-23-13-10-16/h2-4,6-7,9-14,20-21H,5,8,15H2,1H3,(H,25,30)/t20-,21+/m0/s1. The molecule has 1 aliphatic heterocycles. The highest BCUT2D eigenvalue weighted by atomic mass is 32.1. The topological polar surface area (TPSA) is 72.3 Å². The molecule has 4 heterocycles. The Balaban J connectivity index is 1.70. The van der Waals surface area contributed by atoms with Crippen molar-refractivity contribution in [2.24, 2.45) is 0 Å². The van der Waals surface area contributed by atoms with Crippen LogP contribution in [0.1, 0.15) is 36.3 Å². The lowest BCUT2D eigenvalue weighted by molar-refractivity contribution is -0.140. The van der Waals surface area contributed by atoms with Crippen LogP contribution in [-0.4, -0.2) is 44.2 Å². The largest absolute Gasteiger partial charge is 0.469 e. The summed E-state index contributed by atoms with van der Waals surface area (Å²) in [6.07, 6.45) is 8.38. The van der Waals surface area contributed by atoms with E-state index in [4.69, 9.17) is 17.0 Å². The lowest BCUT2D eigenvalue weighted by Crippen LogP contribution is -2.31. The Kier molecular flexibility index (Phi) is 6.04. The first-order valence-electron chi connectivity index (χ1n) is 9.81. The zero-order chi connectivity index (χ0) is 20.9. The molecule has 1 N–H and O–H groups in total. The molecule has 1 fully saturated rings. The van der Waals surface area contributed by atoms with Crippen molar-refractivity contribution in [3.8, 4) is 5.69 Å². The van der Waals surface area contributed by atoms with Crippen molar-refractivity contribution in [2.75, 3.05) is 13.7 Å². The molecule has 0 unspecified atom stereocenters. The van der Waals surface area contributed by atoms with E-state index in [-0.39, 0.29) is 18.1 Å². The number of ether oxygens (including phenoxy) is 1. The zero-order valence-corrected chi connectivity index (χ0v) is 17.5. The van der Waals surface area contributed by atoms with Crippen molar-refractivity contribution in [1.29, 1.82) is 0 Å². The molecule has 3 aromatic heterocycles. The van der Waals surface area contributed by atoms with Crippen molar-refractivity contribution >= 4 is 23.3 Å². The molecule has 0 amide bonds. The van der Waals surface area contributed by atoms with Crippen molar-refractivity contribution < 1.29 is 9.53 Å². The van der Waals surface area contributed by atoms with E-state index < -0.39 is 0 Å². The van der Waals surface area contributed by atoms with Gasteiger partial charge in [-0.2, -0.15) is 0 Å². The van der Waals surface area contributed by atoms with Crippen molar-refractivity contribution in [1.82, 2.24) is 24.8 Å². The van der Waals surface area contributed by atoms with Crippen LogP contribution < -0.4 is 5.32 Å². The third-order valence-corrected chi connectivity index (χ3v) is 5.58.